The molecule has 2 nitrogen and oxygen atoms in total. The van der Waals surface area contributed by atoms with Crippen molar-refractivity contribution in [2.45, 2.75) is 52.4 Å². The second kappa shape index (κ2) is 5.18. The summed E-state index contributed by atoms with van der Waals surface area (Å²) in [6.07, 6.45) is 6.86. The van der Waals surface area contributed by atoms with Crippen LogP contribution in [0.25, 0.3) is 0 Å². The van der Waals surface area contributed by atoms with Crippen molar-refractivity contribution in [3.63, 3.8) is 0 Å². The Morgan fingerprint density at radius 1 is 1.29 bits per heavy atom. The Morgan fingerprint density at radius 2 is 1.86 bits per heavy atom. The minimum atomic E-state index is -0.726. The average molecular weight is 196 g/mol. The summed E-state index contributed by atoms with van der Waals surface area (Å²) in [7, 11) is 0. The van der Waals surface area contributed by atoms with E-state index in [0.717, 1.165) is 5.57 Å². The zero-order valence-corrected chi connectivity index (χ0v) is 9.18. The van der Waals surface area contributed by atoms with Crippen LogP contribution >= 0.6 is 0 Å². The molecule has 0 saturated heterocycles. The Kier molecular flexibility index (Phi) is 4.18. The van der Waals surface area contributed by atoms with Crippen molar-refractivity contribution in [1.82, 2.24) is 0 Å². The number of carbonyl (C=O) groups is 1. The van der Waals surface area contributed by atoms with E-state index in [9.17, 15) is 4.79 Å². The summed E-state index contributed by atoms with van der Waals surface area (Å²) >= 11 is 0. The quantitative estimate of drug-likeness (QED) is 0.702. The topological polar surface area (TPSA) is 37.3 Å². The second-order valence-corrected chi connectivity index (χ2v) is 4.16. The van der Waals surface area contributed by atoms with Gasteiger partial charge in [0.25, 0.3) is 0 Å². The van der Waals surface area contributed by atoms with Gasteiger partial charge in [0.2, 0.25) is 0 Å². The Balaban J connectivity index is 2.76. The van der Waals surface area contributed by atoms with Crippen LogP contribution in [0.1, 0.15) is 52.4 Å². The maximum atomic E-state index is 11.0. The number of hydrogen-bond acceptors (Lipinski definition) is 1. The standard InChI is InChI=1S/C12H20O2/c1-3-11(12(13)14)9(2)10-7-5-4-6-8-10/h10H,3-8H2,1-2H3,(H,13,14)/b11-9-. The third-order valence-electron chi connectivity index (χ3n) is 3.31. The first-order valence-corrected chi connectivity index (χ1v) is 5.59. The third kappa shape index (κ3) is 2.60. The van der Waals surface area contributed by atoms with Gasteiger partial charge in [-0.2, -0.15) is 0 Å². The van der Waals surface area contributed by atoms with Gasteiger partial charge < -0.3 is 5.11 Å². The molecule has 0 heterocycles. The molecule has 0 radical (unpaired) electrons. The fraction of sp³-hybridized carbons (Fsp3) is 0.750. The van der Waals surface area contributed by atoms with Crippen molar-refractivity contribution in [3.8, 4) is 0 Å². The molecule has 0 aromatic heterocycles. The van der Waals surface area contributed by atoms with Crippen LogP contribution in [-0.4, -0.2) is 11.1 Å². The van der Waals surface area contributed by atoms with Gasteiger partial charge in [-0.1, -0.05) is 31.8 Å². The molecule has 0 atom stereocenters. The van der Waals surface area contributed by atoms with E-state index >= 15 is 0 Å². The van der Waals surface area contributed by atoms with Gasteiger partial charge in [-0.15, -0.1) is 0 Å². The summed E-state index contributed by atoms with van der Waals surface area (Å²) in [4.78, 5) is 11.0. The summed E-state index contributed by atoms with van der Waals surface area (Å²) in [5, 5.41) is 9.02. The summed E-state index contributed by atoms with van der Waals surface area (Å²) in [5.41, 5.74) is 1.76. The molecule has 0 amide bonds. The fourth-order valence-electron chi connectivity index (χ4n) is 2.38. The first-order chi connectivity index (χ1) is 6.66. The minimum absolute atomic E-state index is 0.537. The van der Waals surface area contributed by atoms with Crippen molar-refractivity contribution in [1.29, 1.82) is 0 Å². The van der Waals surface area contributed by atoms with Crippen molar-refractivity contribution in [2.24, 2.45) is 5.92 Å². The molecule has 0 aromatic rings. The van der Waals surface area contributed by atoms with Gasteiger partial charge in [0.1, 0.15) is 0 Å². The highest BCUT2D eigenvalue weighted by Gasteiger charge is 2.19. The third-order valence-corrected chi connectivity index (χ3v) is 3.31. The van der Waals surface area contributed by atoms with E-state index in [1.54, 1.807) is 0 Å². The molecule has 0 unspecified atom stereocenters. The first kappa shape index (κ1) is 11.3. The first-order valence-electron chi connectivity index (χ1n) is 5.59. The van der Waals surface area contributed by atoms with Crippen LogP contribution in [0.4, 0.5) is 0 Å². The highest BCUT2D eigenvalue weighted by Crippen LogP contribution is 2.31. The summed E-state index contributed by atoms with van der Waals surface area (Å²) in [6.45, 7) is 3.93. The van der Waals surface area contributed by atoms with Gasteiger partial charge in [0.05, 0.1) is 0 Å². The lowest BCUT2D eigenvalue weighted by atomic mass is 9.82. The van der Waals surface area contributed by atoms with Crippen molar-refractivity contribution >= 4 is 5.97 Å². The largest absolute Gasteiger partial charge is 0.478 e. The summed E-state index contributed by atoms with van der Waals surface area (Å²) < 4.78 is 0. The number of carboxylic acids is 1. The van der Waals surface area contributed by atoms with E-state index in [2.05, 4.69) is 0 Å². The molecule has 1 aliphatic rings. The highest BCUT2D eigenvalue weighted by molar-refractivity contribution is 5.87. The van der Waals surface area contributed by atoms with Crippen LogP contribution < -0.4 is 0 Å². The van der Waals surface area contributed by atoms with Gasteiger partial charge in [-0.05, 0) is 32.1 Å². The van der Waals surface area contributed by atoms with E-state index in [1.165, 1.54) is 32.1 Å². The zero-order chi connectivity index (χ0) is 10.6. The number of allylic oxidation sites excluding steroid dienone is 1. The molecule has 1 rings (SSSR count). The number of hydrogen-bond donors (Lipinski definition) is 1. The van der Waals surface area contributed by atoms with Crippen LogP contribution in [-0.2, 0) is 4.79 Å². The average Bonchev–Trinajstić information content (AvgIpc) is 2.19. The molecule has 1 fully saturated rings. The molecule has 80 valence electrons. The van der Waals surface area contributed by atoms with Crippen LogP contribution in [0.5, 0.6) is 0 Å². The number of aliphatic carboxylic acids is 1. The molecule has 0 bridgehead atoms. The van der Waals surface area contributed by atoms with Gasteiger partial charge in [-0.3, -0.25) is 0 Å². The van der Waals surface area contributed by atoms with Crippen molar-refractivity contribution < 1.29 is 9.90 Å². The molecule has 1 N–H and O–H groups in total. The van der Waals surface area contributed by atoms with Gasteiger partial charge in [-0.25, -0.2) is 4.79 Å². The molecular formula is C12H20O2. The number of carboxylic acid groups (broad SMARTS) is 1. The van der Waals surface area contributed by atoms with E-state index in [-0.39, 0.29) is 0 Å². The van der Waals surface area contributed by atoms with Crippen LogP contribution in [0, 0.1) is 5.92 Å². The predicted octanol–water partition coefficient (Wildman–Crippen LogP) is 3.38. The van der Waals surface area contributed by atoms with Crippen LogP contribution in [0.2, 0.25) is 0 Å². The van der Waals surface area contributed by atoms with E-state index in [0.29, 0.717) is 17.9 Å². The van der Waals surface area contributed by atoms with E-state index in [4.69, 9.17) is 5.11 Å². The monoisotopic (exact) mass is 196 g/mol. The van der Waals surface area contributed by atoms with E-state index < -0.39 is 5.97 Å². The van der Waals surface area contributed by atoms with Crippen molar-refractivity contribution in [3.05, 3.63) is 11.1 Å². The summed E-state index contributed by atoms with van der Waals surface area (Å²) in [6, 6.07) is 0. The number of rotatable bonds is 3. The molecule has 14 heavy (non-hydrogen) atoms. The molecule has 0 aliphatic heterocycles. The lowest BCUT2D eigenvalue weighted by Gasteiger charge is -2.23. The Labute approximate surface area is 86.0 Å². The molecule has 2 heteroatoms. The normalized spacial score (nSPS) is 20.4. The molecular weight excluding hydrogens is 176 g/mol. The van der Waals surface area contributed by atoms with Crippen LogP contribution in [0.3, 0.4) is 0 Å². The predicted molar refractivity (Wildman–Crippen MR) is 57.2 cm³/mol. The molecule has 0 spiro atoms. The summed E-state index contributed by atoms with van der Waals surface area (Å²) in [5.74, 6) is -0.189. The zero-order valence-electron chi connectivity index (χ0n) is 9.18. The van der Waals surface area contributed by atoms with Crippen molar-refractivity contribution in [2.75, 3.05) is 0 Å². The Morgan fingerprint density at radius 3 is 2.29 bits per heavy atom. The Bertz CT molecular complexity index is 235. The molecule has 1 aliphatic carbocycles. The minimum Gasteiger partial charge on any atom is -0.478 e. The molecule has 1 saturated carbocycles. The van der Waals surface area contributed by atoms with E-state index in [1.807, 2.05) is 13.8 Å². The fourth-order valence-corrected chi connectivity index (χ4v) is 2.38. The van der Waals surface area contributed by atoms with Gasteiger partial charge >= 0.3 is 5.97 Å². The SMILES string of the molecule is CC/C(C(=O)O)=C(\C)C1CCCCC1. The molecule has 0 aromatic carbocycles. The van der Waals surface area contributed by atoms with Gasteiger partial charge in [0.15, 0.2) is 0 Å². The lowest BCUT2D eigenvalue weighted by Crippen LogP contribution is -2.12. The second-order valence-electron chi connectivity index (χ2n) is 4.16. The smallest absolute Gasteiger partial charge is 0.331 e. The highest BCUT2D eigenvalue weighted by atomic mass is 16.4. The van der Waals surface area contributed by atoms with Crippen LogP contribution in [0.15, 0.2) is 11.1 Å². The van der Waals surface area contributed by atoms with Gasteiger partial charge in [0, 0.05) is 5.57 Å². The lowest BCUT2D eigenvalue weighted by molar-refractivity contribution is -0.132. The Hall–Kier alpha value is -0.790. The maximum absolute atomic E-state index is 11.0. The maximum Gasteiger partial charge on any atom is 0.331 e.